The summed E-state index contributed by atoms with van der Waals surface area (Å²) in [6.07, 6.45) is 2.38. The number of rotatable bonds is 3. The van der Waals surface area contributed by atoms with Gasteiger partial charge in [-0.25, -0.2) is 0 Å². The van der Waals surface area contributed by atoms with Crippen molar-refractivity contribution in [2.45, 2.75) is 19.9 Å². The van der Waals surface area contributed by atoms with E-state index in [0.717, 1.165) is 17.9 Å². The highest BCUT2D eigenvalue weighted by Crippen LogP contribution is 2.04. The van der Waals surface area contributed by atoms with E-state index in [9.17, 15) is 0 Å². The summed E-state index contributed by atoms with van der Waals surface area (Å²) in [6.45, 7) is 2.64. The van der Waals surface area contributed by atoms with Gasteiger partial charge in [-0.15, -0.1) is 0 Å². The van der Waals surface area contributed by atoms with E-state index in [0.29, 0.717) is 11.3 Å². The van der Waals surface area contributed by atoms with Crippen molar-refractivity contribution in [1.29, 1.82) is 0 Å². The number of hydrogen-bond acceptors (Lipinski definition) is 4. The molecule has 2 aromatic rings. The Kier molecular flexibility index (Phi) is 2.45. The molecule has 0 saturated heterocycles. The Morgan fingerprint density at radius 1 is 1.64 bits per heavy atom. The molecule has 74 valence electrons. The van der Waals surface area contributed by atoms with Gasteiger partial charge in [0.15, 0.2) is 4.77 Å². The average molecular weight is 210 g/mol. The molecule has 0 aliphatic rings. The molecule has 2 rings (SSSR count). The lowest BCUT2D eigenvalue weighted by Gasteiger charge is -2.00. The smallest absolute Gasteiger partial charge is 0.195 e. The Balaban J connectivity index is 2.32. The second-order valence-electron chi connectivity index (χ2n) is 2.88. The fraction of sp³-hybridized carbons (Fsp3) is 0.375. The normalized spacial score (nSPS) is 10.6. The molecule has 0 spiro atoms. The average Bonchev–Trinajstić information content (AvgIpc) is 2.79. The molecule has 1 N–H and O–H groups in total. The van der Waals surface area contributed by atoms with E-state index in [4.69, 9.17) is 16.7 Å². The summed E-state index contributed by atoms with van der Waals surface area (Å²) in [6, 6.07) is 1.81. The molecule has 0 atom stereocenters. The molecule has 14 heavy (non-hydrogen) atoms. The zero-order valence-corrected chi connectivity index (χ0v) is 8.54. The summed E-state index contributed by atoms with van der Waals surface area (Å²) in [5.74, 6) is 0.929. The second-order valence-corrected chi connectivity index (χ2v) is 3.26. The maximum absolute atomic E-state index is 5.10. The number of nitrogens with zero attached hydrogens (tertiary/aromatic N) is 3. The van der Waals surface area contributed by atoms with E-state index >= 15 is 0 Å². The van der Waals surface area contributed by atoms with Gasteiger partial charge in [0.1, 0.15) is 17.8 Å². The molecule has 0 saturated carbocycles. The molecule has 0 fully saturated rings. The zero-order chi connectivity index (χ0) is 9.97. The summed E-state index contributed by atoms with van der Waals surface area (Å²) in [5, 5.41) is 10.7. The minimum atomic E-state index is 0.606. The van der Waals surface area contributed by atoms with Gasteiger partial charge in [-0.2, -0.15) is 5.10 Å². The molecule has 2 heterocycles. The van der Waals surface area contributed by atoms with Gasteiger partial charge in [0.2, 0.25) is 0 Å². The highest BCUT2D eigenvalue weighted by molar-refractivity contribution is 7.71. The summed E-state index contributed by atoms with van der Waals surface area (Å²) < 4.78 is 7.27. The third kappa shape index (κ3) is 1.60. The maximum Gasteiger partial charge on any atom is 0.195 e. The Morgan fingerprint density at radius 2 is 2.50 bits per heavy atom. The molecule has 6 heteroatoms. The molecule has 0 aromatic carbocycles. The SMILES string of the molecule is CCc1n[nH]c(=S)n1Cc1ccon1. The van der Waals surface area contributed by atoms with Crippen LogP contribution in [-0.4, -0.2) is 19.9 Å². The van der Waals surface area contributed by atoms with Crippen LogP contribution in [0.15, 0.2) is 16.9 Å². The third-order valence-electron chi connectivity index (χ3n) is 1.96. The summed E-state index contributed by atoms with van der Waals surface area (Å²) in [7, 11) is 0. The predicted octanol–water partition coefficient (Wildman–Crippen LogP) is 1.54. The van der Waals surface area contributed by atoms with Gasteiger partial charge in [0, 0.05) is 12.5 Å². The fourth-order valence-electron chi connectivity index (χ4n) is 1.26. The van der Waals surface area contributed by atoms with E-state index in [1.165, 1.54) is 0 Å². The van der Waals surface area contributed by atoms with Crippen molar-refractivity contribution in [3.63, 3.8) is 0 Å². The van der Waals surface area contributed by atoms with Gasteiger partial charge in [0.25, 0.3) is 0 Å². The van der Waals surface area contributed by atoms with Crippen molar-refractivity contribution >= 4 is 12.2 Å². The Bertz CT molecular complexity index is 456. The van der Waals surface area contributed by atoms with Crippen molar-refractivity contribution in [3.05, 3.63) is 28.6 Å². The number of nitrogens with one attached hydrogen (secondary N) is 1. The van der Waals surface area contributed by atoms with Crippen molar-refractivity contribution in [1.82, 2.24) is 19.9 Å². The van der Waals surface area contributed by atoms with Crippen LogP contribution < -0.4 is 0 Å². The van der Waals surface area contributed by atoms with Crippen LogP contribution in [0.2, 0.25) is 0 Å². The summed E-state index contributed by atoms with van der Waals surface area (Å²) in [5.41, 5.74) is 0.845. The molecule has 0 radical (unpaired) electrons. The first kappa shape index (κ1) is 9.14. The lowest BCUT2D eigenvalue weighted by molar-refractivity contribution is 0.409. The number of aromatic amines is 1. The van der Waals surface area contributed by atoms with Crippen molar-refractivity contribution < 1.29 is 4.52 Å². The Labute approximate surface area is 85.7 Å². The Morgan fingerprint density at radius 3 is 3.14 bits per heavy atom. The predicted molar refractivity (Wildman–Crippen MR) is 52.4 cm³/mol. The number of aryl methyl sites for hydroxylation is 1. The van der Waals surface area contributed by atoms with Crippen LogP contribution in [0, 0.1) is 4.77 Å². The molecule has 0 aliphatic carbocycles. The molecule has 5 nitrogen and oxygen atoms in total. The summed E-state index contributed by atoms with van der Waals surface area (Å²) >= 11 is 5.10. The van der Waals surface area contributed by atoms with E-state index in [-0.39, 0.29) is 0 Å². The lowest BCUT2D eigenvalue weighted by Crippen LogP contribution is -2.04. The monoisotopic (exact) mass is 210 g/mol. The molecule has 0 unspecified atom stereocenters. The van der Waals surface area contributed by atoms with Crippen LogP contribution in [0.3, 0.4) is 0 Å². The maximum atomic E-state index is 5.10. The van der Waals surface area contributed by atoms with Gasteiger partial charge in [-0.3, -0.25) is 9.67 Å². The van der Waals surface area contributed by atoms with E-state index in [1.807, 2.05) is 17.6 Å². The van der Waals surface area contributed by atoms with Gasteiger partial charge < -0.3 is 4.52 Å². The van der Waals surface area contributed by atoms with Crippen LogP contribution in [-0.2, 0) is 13.0 Å². The fourth-order valence-corrected chi connectivity index (χ4v) is 1.48. The van der Waals surface area contributed by atoms with Crippen LogP contribution in [0.4, 0.5) is 0 Å². The van der Waals surface area contributed by atoms with Crippen molar-refractivity contribution in [2.75, 3.05) is 0 Å². The number of hydrogen-bond donors (Lipinski definition) is 1. The molecule has 0 bridgehead atoms. The van der Waals surface area contributed by atoms with Crippen LogP contribution in [0.25, 0.3) is 0 Å². The first-order chi connectivity index (χ1) is 6.81. The number of H-pyrrole nitrogens is 1. The molecular formula is C8H10N4OS. The molecule has 0 aliphatic heterocycles. The largest absolute Gasteiger partial charge is 0.364 e. The van der Waals surface area contributed by atoms with Gasteiger partial charge >= 0.3 is 0 Å². The minimum absolute atomic E-state index is 0.606. The highest BCUT2D eigenvalue weighted by atomic mass is 32.1. The van der Waals surface area contributed by atoms with Gasteiger partial charge in [-0.05, 0) is 12.2 Å². The molecule has 2 aromatic heterocycles. The summed E-state index contributed by atoms with van der Waals surface area (Å²) in [4.78, 5) is 0. The first-order valence-electron chi connectivity index (χ1n) is 4.34. The lowest BCUT2D eigenvalue weighted by atomic mass is 10.4. The number of aromatic nitrogens is 4. The Hall–Kier alpha value is -1.43. The van der Waals surface area contributed by atoms with Crippen LogP contribution in [0.1, 0.15) is 18.4 Å². The standard InChI is InChI=1S/C8H10N4OS/c1-2-7-9-10-8(14)12(7)5-6-3-4-13-11-6/h3-4H,2,5H2,1H3,(H,10,14). The first-order valence-corrected chi connectivity index (χ1v) is 4.75. The molecule has 0 amide bonds. The van der Waals surface area contributed by atoms with Crippen molar-refractivity contribution in [2.24, 2.45) is 0 Å². The minimum Gasteiger partial charge on any atom is -0.364 e. The van der Waals surface area contributed by atoms with Gasteiger partial charge in [0.05, 0.1) is 6.54 Å². The highest BCUT2D eigenvalue weighted by Gasteiger charge is 2.05. The van der Waals surface area contributed by atoms with Crippen molar-refractivity contribution in [3.8, 4) is 0 Å². The quantitative estimate of drug-likeness (QED) is 0.781. The zero-order valence-electron chi connectivity index (χ0n) is 7.73. The topological polar surface area (TPSA) is 59.6 Å². The van der Waals surface area contributed by atoms with E-state index < -0.39 is 0 Å². The van der Waals surface area contributed by atoms with Crippen LogP contribution in [0.5, 0.6) is 0 Å². The van der Waals surface area contributed by atoms with Gasteiger partial charge in [-0.1, -0.05) is 12.1 Å². The van der Waals surface area contributed by atoms with E-state index in [2.05, 4.69) is 15.4 Å². The molecular weight excluding hydrogens is 200 g/mol. The van der Waals surface area contributed by atoms with E-state index in [1.54, 1.807) is 6.26 Å². The van der Waals surface area contributed by atoms with Crippen LogP contribution >= 0.6 is 12.2 Å². The third-order valence-corrected chi connectivity index (χ3v) is 2.28. The second kappa shape index (κ2) is 3.75.